The van der Waals surface area contributed by atoms with E-state index in [-0.39, 0.29) is 6.10 Å². The highest BCUT2D eigenvalue weighted by Crippen LogP contribution is 2.19. The first-order valence-corrected chi connectivity index (χ1v) is 4.57. The fourth-order valence-corrected chi connectivity index (χ4v) is 1.84. The molecule has 3 heteroatoms. The molecule has 1 fully saturated rings. The van der Waals surface area contributed by atoms with Gasteiger partial charge < -0.3 is 14.8 Å². The average molecular weight is 173 g/mol. The van der Waals surface area contributed by atoms with Gasteiger partial charge in [0.25, 0.3) is 0 Å². The largest absolute Gasteiger partial charge is 0.381 e. The fraction of sp³-hybridized carbons (Fsp3) is 1.00. The van der Waals surface area contributed by atoms with Crippen LogP contribution in [0.15, 0.2) is 0 Å². The summed E-state index contributed by atoms with van der Waals surface area (Å²) in [5.41, 5.74) is 0. The van der Waals surface area contributed by atoms with Crippen LogP contribution in [0.2, 0.25) is 0 Å². The molecule has 0 radical (unpaired) electrons. The molecule has 0 aromatic heterocycles. The van der Waals surface area contributed by atoms with Crippen LogP contribution >= 0.6 is 0 Å². The molecule has 3 unspecified atom stereocenters. The van der Waals surface area contributed by atoms with Crippen LogP contribution in [0, 0.1) is 5.92 Å². The predicted molar refractivity (Wildman–Crippen MR) is 48.2 cm³/mol. The fourth-order valence-electron chi connectivity index (χ4n) is 1.84. The van der Waals surface area contributed by atoms with Gasteiger partial charge in [-0.3, -0.25) is 0 Å². The third-order valence-electron chi connectivity index (χ3n) is 2.68. The smallest absolute Gasteiger partial charge is 0.0699 e. The first kappa shape index (κ1) is 9.96. The predicted octanol–water partition coefficient (Wildman–Crippen LogP) is 0.646. The third kappa shape index (κ3) is 2.19. The molecule has 0 saturated carbocycles. The van der Waals surface area contributed by atoms with E-state index in [1.54, 1.807) is 7.11 Å². The van der Waals surface area contributed by atoms with Gasteiger partial charge >= 0.3 is 0 Å². The van der Waals surface area contributed by atoms with E-state index < -0.39 is 0 Å². The zero-order valence-electron chi connectivity index (χ0n) is 8.17. The second-order valence-corrected chi connectivity index (χ2v) is 3.38. The van der Waals surface area contributed by atoms with E-state index in [2.05, 4.69) is 12.2 Å². The minimum absolute atomic E-state index is 0.265. The molecule has 0 amide bonds. The molecule has 0 aromatic rings. The summed E-state index contributed by atoms with van der Waals surface area (Å²) in [4.78, 5) is 0. The lowest BCUT2D eigenvalue weighted by Crippen LogP contribution is -2.43. The van der Waals surface area contributed by atoms with Crippen LogP contribution in [0.3, 0.4) is 0 Å². The Morgan fingerprint density at radius 3 is 2.75 bits per heavy atom. The maximum Gasteiger partial charge on any atom is 0.0699 e. The number of hydrogen-bond donors (Lipinski definition) is 1. The lowest BCUT2D eigenvalue weighted by atomic mass is 9.95. The SMILES string of the molecule is CNC(C1CCOC1)C(C)OC. The zero-order valence-corrected chi connectivity index (χ0v) is 8.17. The molecule has 12 heavy (non-hydrogen) atoms. The van der Waals surface area contributed by atoms with Crippen molar-refractivity contribution in [2.45, 2.75) is 25.5 Å². The molecule has 0 spiro atoms. The Kier molecular flexibility index (Phi) is 3.98. The highest BCUT2D eigenvalue weighted by atomic mass is 16.5. The number of rotatable bonds is 4. The summed E-state index contributed by atoms with van der Waals surface area (Å²) in [5.74, 6) is 0.616. The second-order valence-electron chi connectivity index (χ2n) is 3.38. The van der Waals surface area contributed by atoms with Gasteiger partial charge in [-0.25, -0.2) is 0 Å². The minimum Gasteiger partial charge on any atom is -0.381 e. The van der Waals surface area contributed by atoms with Crippen molar-refractivity contribution in [1.82, 2.24) is 5.32 Å². The molecule has 0 bridgehead atoms. The Balaban J connectivity index is 2.42. The van der Waals surface area contributed by atoms with Crippen LogP contribution in [-0.4, -0.2) is 39.5 Å². The van der Waals surface area contributed by atoms with Crippen molar-refractivity contribution in [3.05, 3.63) is 0 Å². The van der Waals surface area contributed by atoms with Gasteiger partial charge in [-0.15, -0.1) is 0 Å². The van der Waals surface area contributed by atoms with Gasteiger partial charge in [0.2, 0.25) is 0 Å². The molecule has 72 valence electrons. The summed E-state index contributed by atoms with van der Waals surface area (Å²) in [6, 6.07) is 0.428. The van der Waals surface area contributed by atoms with Gasteiger partial charge in [0, 0.05) is 25.7 Å². The van der Waals surface area contributed by atoms with E-state index in [0.717, 1.165) is 19.6 Å². The van der Waals surface area contributed by atoms with Gasteiger partial charge in [0.1, 0.15) is 0 Å². The summed E-state index contributed by atoms with van der Waals surface area (Å²) in [6.07, 6.45) is 1.42. The summed E-state index contributed by atoms with van der Waals surface area (Å²) < 4.78 is 10.6. The average Bonchev–Trinajstić information content (AvgIpc) is 2.58. The van der Waals surface area contributed by atoms with E-state index in [0.29, 0.717) is 12.0 Å². The first-order chi connectivity index (χ1) is 5.79. The third-order valence-corrected chi connectivity index (χ3v) is 2.68. The van der Waals surface area contributed by atoms with Gasteiger partial charge in [0.15, 0.2) is 0 Å². The Labute approximate surface area is 74.4 Å². The van der Waals surface area contributed by atoms with E-state index in [4.69, 9.17) is 9.47 Å². The van der Waals surface area contributed by atoms with Crippen LogP contribution in [0.5, 0.6) is 0 Å². The molecule has 3 nitrogen and oxygen atoms in total. The Bertz CT molecular complexity index is 124. The number of ether oxygens (including phenoxy) is 2. The molecule has 1 N–H and O–H groups in total. The van der Waals surface area contributed by atoms with E-state index in [1.807, 2.05) is 7.05 Å². The van der Waals surface area contributed by atoms with E-state index in [9.17, 15) is 0 Å². The highest BCUT2D eigenvalue weighted by Gasteiger charge is 2.28. The number of likely N-dealkylation sites (N-methyl/N-ethyl adjacent to an activating group) is 1. The highest BCUT2D eigenvalue weighted by molar-refractivity contribution is 4.82. The van der Waals surface area contributed by atoms with Crippen LogP contribution in [0.1, 0.15) is 13.3 Å². The summed E-state index contributed by atoms with van der Waals surface area (Å²) in [6.45, 7) is 3.87. The number of hydrogen-bond acceptors (Lipinski definition) is 3. The molecule has 0 aliphatic carbocycles. The van der Waals surface area contributed by atoms with Gasteiger partial charge in [0.05, 0.1) is 12.7 Å². The van der Waals surface area contributed by atoms with Crippen molar-refractivity contribution in [2.75, 3.05) is 27.4 Å². The van der Waals surface area contributed by atoms with Gasteiger partial charge in [-0.2, -0.15) is 0 Å². The molecule has 1 aliphatic rings. The molecule has 3 atom stereocenters. The van der Waals surface area contributed by atoms with Crippen molar-refractivity contribution >= 4 is 0 Å². The molecule has 1 rings (SSSR count). The number of methoxy groups -OCH3 is 1. The van der Waals surface area contributed by atoms with Crippen molar-refractivity contribution in [1.29, 1.82) is 0 Å². The maximum atomic E-state index is 5.34. The summed E-state index contributed by atoms with van der Waals surface area (Å²) in [7, 11) is 3.74. The summed E-state index contributed by atoms with van der Waals surface area (Å²) >= 11 is 0. The van der Waals surface area contributed by atoms with Crippen molar-refractivity contribution < 1.29 is 9.47 Å². The van der Waals surface area contributed by atoms with Gasteiger partial charge in [-0.1, -0.05) is 0 Å². The Hall–Kier alpha value is -0.120. The molecule has 1 heterocycles. The van der Waals surface area contributed by atoms with Crippen molar-refractivity contribution in [3.63, 3.8) is 0 Å². The maximum absolute atomic E-state index is 5.34. The van der Waals surface area contributed by atoms with Crippen LogP contribution in [0.4, 0.5) is 0 Å². The first-order valence-electron chi connectivity index (χ1n) is 4.57. The number of nitrogens with one attached hydrogen (secondary N) is 1. The molecule has 0 aromatic carbocycles. The lowest BCUT2D eigenvalue weighted by molar-refractivity contribution is 0.0597. The topological polar surface area (TPSA) is 30.5 Å². The quantitative estimate of drug-likeness (QED) is 0.677. The van der Waals surface area contributed by atoms with Crippen LogP contribution in [-0.2, 0) is 9.47 Å². The van der Waals surface area contributed by atoms with Gasteiger partial charge in [-0.05, 0) is 20.4 Å². The zero-order chi connectivity index (χ0) is 8.97. The molecular formula is C9H19NO2. The van der Waals surface area contributed by atoms with Crippen LogP contribution in [0.25, 0.3) is 0 Å². The van der Waals surface area contributed by atoms with E-state index in [1.165, 1.54) is 0 Å². The minimum atomic E-state index is 0.265. The molecule has 1 saturated heterocycles. The molecule has 1 aliphatic heterocycles. The standard InChI is InChI=1S/C9H19NO2/c1-7(11-3)9(10-2)8-4-5-12-6-8/h7-10H,4-6H2,1-3H3. The monoisotopic (exact) mass is 173 g/mol. The lowest BCUT2D eigenvalue weighted by Gasteiger charge is -2.26. The van der Waals surface area contributed by atoms with Crippen molar-refractivity contribution in [2.24, 2.45) is 5.92 Å². The normalized spacial score (nSPS) is 28.8. The molecular weight excluding hydrogens is 154 g/mol. The second kappa shape index (κ2) is 4.80. The van der Waals surface area contributed by atoms with E-state index >= 15 is 0 Å². The Morgan fingerprint density at radius 2 is 2.33 bits per heavy atom. The Morgan fingerprint density at radius 1 is 1.58 bits per heavy atom. The summed E-state index contributed by atoms with van der Waals surface area (Å²) in [5, 5.41) is 3.29. The van der Waals surface area contributed by atoms with Crippen molar-refractivity contribution in [3.8, 4) is 0 Å². The van der Waals surface area contributed by atoms with Crippen LogP contribution < -0.4 is 5.32 Å².